The Morgan fingerprint density at radius 2 is 2.13 bits per heavy atom. The van der Waals surface area contributed by atoms with Gasteiger partial charge in [-0.15, -0.1) is 0 Å². The number of nitrogens with one attached hydrogen (secondary N) is 1. The van der Waals surface area contributed by atoms with E-state index in [1.165, 1.54) is 6.07 Å². The van der Waals surface area contributed by atoms with Crippen LogP contribution in [0.1, 0.15) is 16.1 Å². The van der Waals surface area contributed by atoms with Crippen LogP contribution >= 0.6 is 0 Å². The van der Waals surface area contributed by atoms with E-state index in [-0.39, 0.29) is 11.6 Å². The molecule has 1 heterocycles. The summed E-state index contributed by atoms with van der Waals surface area (Å²) in [4.78, 5) is 10.6. The van der Waals surface area contributed by atoms with E-state index in [1.807, 2.05) is 0 Å². The van der Waals surface area contributed by atoms with Crippen LogP contribution in [-0.2, 0) is 0 Å². The van der Waals surface area contributed by atoms with E-state index in [2.05, 4.69) is 0 Å². The highest BCUT2D eigenvalue weighted by Crippen LogP contribution is 2.20. The minimum Gasteiger partial charge on any atom is -0.475 e. The van der Waals surface area contributed by atoms with Crippen molar-refractivity contribution in [2.24, 2.45) is 5.73 Å². The van der Waals surface area contributed by atoms with Crippen molar-refractivity contribution >= 4 is 22.8 Å². The summed E-state index contributed by atoms with van der Waals surface area (Å²) in [6.45, 7) is 0. The number of rotatable bonds is 2. The summed E-state index contributed by atoms with van der Waals surface area (Å²) < 4.78 is 5.05. The van der Waals surface area contributed by atoms with Crippen molar-refractivity contribution in [3.8, 4) is 0 Å². The third-order valence-corrected chi connectivity index (χ3v) is 2.04. The maximum absolute atomic E-state index is 10.6. The number of hydrogen-bond acceptors (Lipinski definition) is 3. The molecular weight excluding hydrogens is 196 g/mol. The van der Waals surface area contributed by atoms with Crippen molar-refractivity contribution in [3.63, 3.8) is 0 Å². The van der Waals surface area contributed by atoms with Gasteiger partial charge >= 0.3 is 5.97 Å². The van der Waals surface area contributed by atoms with Crippen LogP contribution in [0.4, 0.5) is 0 Å². The molecule has 5 nitrogen and oxygen atoms in total. The number of benzene rings is 1. The molecule has 0 amide bonds. The lowest BCUT2D eigenvalue weighted by Gasteiger charge is -1.95. The second kappa shape index (κ2) is 3.13. The number of carboxylic acid groups (broad SMARTS) is 1. The smallest absolute Gasteiger partial charge is 0.371 e. The highest BCUT2D eigenvalue weighted by atomic mass is 16.4. The molecule has 1 aromatic carbocycles. The van der Waals surface area contributed by atoms with Crippen molar-refractivity contribution in [3.05, 3.63) is 35.6 Å². The van der Waals surface area contributed by atoms with Gasteiger partial charge in [0.25, 0.3) is 0 Å². The second-order valence-corrected chi connectivity index (χ2v) is 3.08. The average Bonchev–Trinajstić information content (AvgIpc) is 2.59. The van der Waals surface area contributed by atoms with Crippen LogP contribution < -0.4 is 5.73 Å². The fraction of sp³-hybridized carbons (Fsp3) is 0. The Kier molecular flexibility index (Phi) is 1.93. The Morgan fingerprint density at radius 1 is 1.40 bits per heavy atom. The van der Waals surface area contributed by atoms with E-state index in [4.69, 9.17) is 20.7 Å². The molecule has 4 N–H and O–H groups in total. The monoisotopic (exact) mass is 204 g/mol. The predicted octanol–water partition coefficient (Wildman–Crippen LogP) is 1.42. The van der Waals surface area contributed by atoms with Gasteiger partial charge in [0.05, 0.1) is 0 Å². The van der Waals surface area contributed by atoms with E-state index >= 15 is 0 Å². The van der Waals surface area contributed by atoms with Gasteiger partial charge < -0.3 is 15.3 Å². The summed E-state index contributed by atoms with van der Waals surface area (Å²) in [5.41, 5.74) is 6.32. The van der Waals surface area contributed by atoms with Gasteiger partial charge in [0.2, 0.25) is 5.76 Å². The molecule has 5 heteroatoms. The number of carbonyl (C=O) groups is 1. The molecule has 0 spiro atoms. The SMILES string of the molecule is N=C(N)c1ccc2oc(C(=O)O)cc2c1. The Balaban J connectivity index is 2.62. The van der Waals surface area contributed by atoms with E-state index in [9.17, 15) is 4.79 Å². The fourth-order valence-corrected chi connectivity index (χ4v) is 1.32. The summed E-state index contributed by atoms with van der Waals surface area (Å²) in [6, 6.07) is 6.23. The van der Waals surface area contributed by atoms with Crippen LogP contribution in [0.2, 0.25) is 0 Å². The van der Waals surface area contributed by atoms with E-state index < -0.39 is 5.97 Å². The lowest BCUT2D eigenvalue weighted by Crippen LogP contribution is -2.10. The summed E-state index contributed by atoms with van der Waals surface area (Å²) in [6.07, 6.45) is 0. The van der Waals surface area contributed by atoms with Crippen LogP contribution in [0.25, 0.3) is 11.0 Å². The first-order valence-electron chi connectivity index (χ1n) is 4.19. The molecule has 15 heavy (non-hydrogen) atoms. The van der Waals surface area contributed by atoms with Crippen molar-refractivity contribution < 1.29 is 14.3 Å². The van der Waals surface area contributed by atoms with Crippen LogP contribution in [0.15, 0.2) is 28.7 Å². The number of nitrogens with two attached hydrogens (primary N) is 1. The molecule has 0 radical (unpaired) electrons. The van der Waals surface area contributed by atoms with Crippen molar-refractivity contribution in [1.82, 2.24) is 0 Å². The number of nitrogen functional groups attached to an aromatic ring is 1. The van der Waals surface area contributed by atoms with Crippen LogP contribution in [0.3, 0.4) is 0 Å². The lowest BCUT2D eigenvalue weighted by atomic mass is 10.1. The molecule has 0 unspecified atom stereocenters. The molecule has 0 fully saturated rings. The van der Waals surface area contributed by atoms with Crippen LogP contribution in [0, 0.1) is 5.41 Å². The molecule has 0 saturated carbocycles. The standard InChI is InChI=1S/C10H8N2O3/c11-9(12)5-1-2-7-6(3-5)4-8(15-7)10(13)14/h1-4H,(H3,11,12)(H,13,14). The number of fused-ring (bicyclic) bond motifs is 1. The number of aromatic carboxylic acids is 1. The zero-order valence-corrected chi connectivity index (χ0v) is 7.65. The fourth-order valence-electron chi connectivity index (χ4n) is 1.32. The number of carboxylic acids is 1. The second-order valence-electron chi connectivity index (χ2n) is 3.08. The van der Waals surface area contributed by atoms with Gasteiger partial charge in [0.15, 0.2) is 0 Å². The van der Waals surface area contributed by atoms with E-state index in [1.54, 1.807) is 18.2 Å². The molecule has 1 aromatic heterocycles. The van der Waals surface area contributed by atoms with Gasteiger partial charge in [-0.25, -0.2) is 4.79 Å². The molecule has 2 aromatic rings. The zero-order chi connectivity index (χ0) is 11.0. The molecule has 0 saturated heterocycles. The average molecular weight is 204 g/mol. The summed E-state index contributed by atoms with van der Waals surface area (Å²) >= 11 is 0. The van der Waals surface area contributed by atoms with Crippen molar-refractivity contribution in [2.45, 2.75) is 0 Å². The Bertz CT molecular complexity index is 545. The van der Waals surface area contributed by atoms with Crippen molar-refractivity contribution in [1.29, 1.82) is 5.41 Å². The highest BCUT2D eigenvalue weighted by molar-refractivity contribution is 5.99. The first-order chi connectivity index (χ1) is 7.08. The van der Waals surface area contributed by atoms with Crippen molar-refractivity contribution in [2.75, 3.05) is 0 Å². The molecule has 0 aliphatic carbocycles. The van der Waals surface area contributed by atoms with E-state index in [0.29, 0.717) is 16.5 Å². The Hall–Kier alpha value is -2.30. The third kappa shape index (κ3) is 1.54. The first-order valence-corrected chi connectivity index (χ1v) is 4.19. The molecule has 0 aliphatic heterocycles. The molecule has 0 bridgehead atoms. The molecule has 2 rings (SSSR count). The highest BCUT2D eigenvalue weighted by Gasteiger charge is 2.10. The number of amidine groups is 1. The van der Waals surface area contributed by atoms with Gasteiger partial charge in [-0.05, 0) is 24.3 Å². The maximum atomic E-state index is 10.6. The minimum atomic E-state index is -1.12. The van der Waals surface area contributed by atoms with Crippen LogP contribution in [-0.4, -0.2) is 16.9 Å². The number of furan rings is 1. The first kappa shape index (κ1) is 9.26. The lowest BCUT2D eigenvalue weighted by molar-refractivity contribution is 0.0665. The van der Waals surface area contributed by atoms with Gasteiger partial charge in [0, 0.05) is 10.9 Å². The predicted molar refractivity (Wildman–Crippen MR) is 54.2 cm³/mol. The molecular formula is C10H8N2O3. The van der Waals surface area contributed by atoms with Gasteiger partial charge in [0.1, 0.15) is 11.4 Å². The molecule has 76 valence electrons. The van der Waals surface area contributed by atoms with Gasteiger partial charge in [-0.1, -0.05) is 0 Å². The van der Waals surface area contributed by atoms with Crippen LogP contribution in [0.5, 0.6) is 0 Å². The van der Waals surface area contributed by atoms with E-state index in [0.717, 1.165) is 0 Å². The quantitative estimate of drug-likeness (QED) is 0.508. The normalized spacial score (nSPS) is 10.4. The minimum absolute atomic E-state index is 0.0602. The van der Waals surface area contributed by atoms with Gasteiger partial charge in [-0.3, -0.25) is 5.41 Å². The Labute approximate surface area is 84.6 Å². The summed E-state index contributed by atoms with van der Waals surface area (Å²) in [5.74, 6) is -1.30. The summed E-state index contributed by atoms with van der Waals surface area (Å²) in [7, 11) is 0. The molecule has 0 atom stereocenters. The largest absolute Gasteiger partial charge is 0.475 e. The maximum Gasteiger partial charge on any atom is 0.371 e. The molecule has 0 aliphatic rings. The zero-order valence-electron chi connectivity index (χ0n) is 7.65. The Morgan fingerprint density at radius 3 is 2.73 bits per heavy atom. The summed E-state index contributed by atoms with van der Waals surface area (Å²) in [5, 5.41) is 16.6. The van der Waals surface area contributed by atoms with Gasteiger partial charge in [-0.2, -0.15) is 0 Å². The topological polar surface area (TPSA) is 100 Å². The third-order valence-electron chi connectivity index (χ3n) is 2.04. The number of hydrogen-bond donors (Lipinski definition) is 3.